The molecule has 0 aliphatic carbocycles. The maximum atomic E-state index is 13.0. The monoisotopic (exact) mass is 429 g/mol. The summed E-state index contributed by atoms with van der Waals surface area (Å²) in [6.07, 6.45) is 3.16. The summed E-state index contributed by atoms with van der Waals surface area (Å²) < 4.78 is 32.5. The molecule has 0 aliphatic rings. The Kier molecular flexibility index (Phi) is 6.59. The van der Waals surface area contributed by atoms with Gasteiger partial charge in [-0.05, 0) is 17.7 Å². The molecule has 0 saturated carbocycles. The molecule has 10 heteroatoms. The van der Waals surface area contributed by atoms with E-state index in [0.717, 1.165) is 6.07 Å². The lowest BCUT2D eigenvalue weighted by atomic mass is 10.3. The van der Waals surface area contributed by atoms with Crippen LogP contribution in [-0.4, -0.2) is 42.9 Å². The Labute approximate surface area is 153 Å². The van der Waals surface area contributed by atoms with Crippen LogP contribution in [0.5, 0.6) is 0 Å². The number of nitro benzene ring substituents is 1. The Hall–Kier alpha value is -1.88. The van der Waals surface area contributed by atoms with Crippen molar-refractivity contribution >= 4 is 31.6 Å². The standard InChI is InChI=1S/C15H16BrN3O5S/c1-24-6-5-18(11-12-3-2-4-17-10-12)25(22,23)15-8-13(16)7-14(9-15)19(20)21/h2-4,7-10H,5-6,11H2,1H3. The number of ether oxygens (including phenoxy) is 1. The predicted octanol–water partition coefficient (Wildman–Crippen LogP) is 2.59. The third-order valence-electron chi connectivity index (χ3n) is 3.33. The van der Waals surface area contributed by atoms with Gasteiger partial charge in [0, 0.05) is 49.2 Å². The minimum atomic E-state index is -3.96. The van der Waals surface area contributed by atoms with Crippen LogP contribution in [0.2, 0.25) is 0 Å². The van der Waals surface area contributed by atoms with Crippen molar-refractivity contribution in [3.05, 3.63) is 62.9 Å². The fraction of sp³-hybridized carbons (Fsp3) is 0.267. The van der Waals surface area contributed by atoms with Crippen molar-refractivity contribution in [2.45, 2.75) is 11.4 Å². The van der Waals surface area contributed by atoms with Crippen LogP contribution in [0.15, 0.2) is 52.1 Å². The topological polar surface area (TPSA) is 103 Å². The molecule has 2 aromatic rings. The number of nitro groups is 1. The summed E-state index contributed by atoms with van der Waals surface area (Å²) in [7, 11) is -2.49. The maximum Gasteiger partial charge on any atom is 0.271 e. The van der Waals surface area contributed by atoms with E-state index in [1.54, 1.807) is 24.5 Å². The zero-order valence-electron chi connectivity index (χ0n) is 13.3. The number of aromatic nitrogens is 1. The molecule has 134 valence electrons. The first-order valence-electron chi connectivity index (χ1n) is 7.17. The van der Waals surface area contributed by atoms with E-state index in [-0.39, 0.29) is 30.3 Å². The molecule has 1 aromatic heterocycles. The van der Waals surface area contributed by atoms with Gasteiger partial charge in [0.05, 0.1) is 16.4 Å². The molecular weight excluding hydrogens is 414 g/mol. The molecule has 1 heterocycles. The van der Waals surface area contributed by atoms with E-state index in [2.05, 4.69) is 20.9 Å². The highest BCUT2D eigenvalue weighted by atomic mass is 79.9. The van der Waals surface area contributed by atoms with Crippen molar-refractivity contribution in [1.82, 2.24) is 9.29 Å². The van der Waals surface area contributed by atoms with Gasteiger partial charge in [0.2, 0.25) is 10.0 Å². The highest BCUT2D eigenvalue weighted by Gasteiger charge is 2.27. The molecule has 0 bridgehead atoms. The predicted molar refractivity (Wildman–Crippen MR) is 94.5 cm³/mol. The van der Waals surface area contributed by atoms with E-state index >= 15 is 0 Å². The second-order valence-electron chi connectivity index (χ2n) is 5.09. The lowest BCUT2D eigenvalue weighted by molar-refractivity contribution is -0.385. The van der Waals surface area contributed by atoms with E-state index in [1.807, 2.05) is 0 Å². The maximum absolute atomic E-state index is 13.0. The number of hydrogen-bond acceptors (Lipinski definition) is 6. The summed E-state index contributed by atoms with van der Waals surface area (Å²) in [6.45, 7) is 0.378. The van der Waals surface area contributed by atoms with Crippen LogP contribution in [0.4, 0.5) is 5.69 Å². The van der Waals surface area contributed by atoms with Crippen LogP contribution in [-0.2, 0) is 21.3 Å². The molecule has 1 aromatic carbocycles. The smallest absolute Gasteiger partial charge is 0.271 e. The van der Waals surface area contributed by atoms with Gasteiger partial charge in [0.15, 0.2) is 0 Å². The quantitative estimate of drug-likeness (QED) is 0.471. The van der Waals surface area contributed by atoms with Gasteiger partial charge in [-0.3, -0.25) is 15.1 Å². The molecule has 0 saturated heterocycles. The number of nitrogens with zero attached hydrogens (tertiary/aromatic N) is 3. The Morgan fingerprint density at radius 3 is 2.72 bits per heavy atom. The number of halogens is 1. The average molecular weight is 430 g/mol. The number of non-ortho nitro benzene ring substituents is 1. The number of pyridine rings is 1. The summed E-state index contributed by atoms with van der Waals surface area (Å²) in [5.41, 5.74) is 0.396. The second kappa shape index (κ2) is 8.48. The third-order valence-corrected chi connectivity index (χ3v) is 5.61. The largest absolute Gasteiger partial charge is 0.383 e. The molecular formula is C15H16BrN3O5S. The summed E-state index contributed by atoms with van der Waals surface area (Å²) >= 11 is 3.12. The lowest BCUT2D eigenvalue weighted by Crippen LogP contribution is -2.33. The van der Waals surface area contributed by atoms with Crippen LogP contribution in [0.25, 0.3) is 0 Å². The zero-order valence-corrected chi connectivity index (χ0v) is 15.7. The number of sulfonamides is 1. The summed E-state index contributed by atoms with van der Waals surface area (Å²) in [5.74, 6) is 0. The Morgan fingerprint density at radius 1 is 1.36 bits per heavy atom. The van der Waals surface area contributed by atoms with Gasteiger partial charge < -0.3 is 4.74 Å². The van der Waals surface area contributed by atoms with Gasteiger partial charge in [-0.15, -0.1) is 0 Å². The molecule has 0 radical (unpaired) electrons. The molecule has 2 rings (SSSR count). The second-order valence-corrected chi connectivity index (χ2v) is 7.95. The van der Waals surface area contributed by atoms with E-state index in [1.165, 1.54) is 23.5 Å². The van der Waals surface area contributed by atoms with E-state index < -0.39 is 14.9 Å². The van der Waals surface area contributed by atoms with Gasteiger partial charge in [-0.2, -0.15) is 4.31 Å². The van der Waals surface area contributed by atoms with Crippen LogP contribution >= 0.6 is 15.9 Å². The van der Waals surface area contributed by atoms with E-state index in [9.17, 15) is 18.5 Å². The van der Waals surface area contributed by atoms with Crippen molar-refractivity contribution in [2.24, 2.45) is 0 Å². The minimum absolute atomic E-state index is 0.0832. The van der Waals surface area contributed by atoms with Crippen LogP contribution < -0.4 is 0 Å². The number of rotatable bonds is 8. The summed E-state index contributed by atoms with van der Waals surface area (Å²) in [4.78, 5) is 14.2. The van der Waals surface area contributed by atoms with Gasteiger partial charge in [-0.25, -0.2) is 8.42 Å². The fourth-order valence-corrected chi connectivity index (χ4v) is 4.23. The number of hydrogen-bond donors (Lipinski definition) is 0. The summed E-state index contributed by atoms with van der Waals surface area (Å²) in [5, 5.41) is 11.0. The van der Waals surface area contributed by atoms with Crippen molar-refractivity contribution in [1.29, 1.82) is 0 Å². The van der Waals surface area contributed by atoms with Gasteiger partial charge in [-0.1, -0.05) is 22.0 Å². The van der Waals surface area contributed by atoms with Gasteiger partial charge >= 0.3 is 0 Å². The van der Waals surface area contributed by atoms with E-state index in [4.69, 9.17) is 4.74 Å². The molecule has 25 heavy (non-hydrogen) atoms. The first-order valence-corrected chi connectivity index (χ1v) is 9.41. The van der Waals surface area contributed by atoms with Crippen LogP contribution in [0.3, 0.4) is 0 Å². The normalized spacial score (nSPS) is 11.6. The van der Waals surface area contributed by atoms with Crippen LogP contribution in [0.1, 0.15) is 5.56 Å². The Morgan fingerprint density at radius 2 is 2.12 bits per heavy atom. The zero-order chi connectivity index (χ0) is 18.4. The van der Waals surface area contributed by atoms with Crippen LogP contribution in [0, 0.1) is 10.1 Å². The van der Waals surface area contributed by atoms with Gasteiger partial charge in [0.1, 0.15) is 0 Å². The van der Waals surface area contributed by atoms with E-state index in [0.29, 0.717) is 10.0 Å². The van der Waals surface area contributed by atoms with Crippen molar-refractivity contribution in [3.63, 3.8) is 0 Å². The molecule has 0 fully saturated rings. The first-order chi connectivity index (χ1) is 11.8. The Balaban J connectivity index is 2.42. The van der Waals surface area contributed by atoms with Crippen molar-refractivity contribution in [3.8, 4) is 0 Å². The van der Waals surface area contributed by atoms with Crippen molar-refractivity contribution < 1.29 is 18.1 Å². The summed E-state index contributed by atoms with van der Waals surface area (Å²) in [6, 6.07) is 7.10. The lowest BCUT2D eigenvalue weighted by Gasteiger charge is -2.22. The minimum Gasteiger partial charge on any atom is -0.383 e. The first kappa shape index (κ1) is 19.4. The molecule has 0 amide bonds. The molecule has 0 spiro atoms. The Bertz CT molecular complexity index is 846. The molecule has 0 unspecified atom stereocenters. The van der Waals surface area contributed by atoms with Crippen molar-refractivity contribution in [2.75, 3.05) is 20.3 Å². The molecule has 0 N–H and O–H groups in total. The molecule has 8 nitrogen and oxygen atoms in total. The molecule has 0 aliphatic heterocycles. The highest BCUT2D eigenvalue weighted by molar-refractivity contribution is 9.10. The fourth-order valence-electron chi connectivity index (χ4n) is 2.12. The average Bonchev–Trinajstić information content (AvgIpc) is 2.58. The molecule has 0 atom stereocenters. The highest BCUT2D eigenvalue weighted by Crippen LogP contribution is 2.27. The SMILES string of the molecule is COCCN(Cc1cccnc1)S(=O)(=O)c1cc(Br)cc([N+](=O)[O-])c1. The number of methoxy groups -OCH3 is 1. The number of benzene rings is 1. The van der Waals surface area contributed by atoms with Gasteiger partial charge in [0.25, 0.3) is 5.69 Å². The third kappa shape index (κ3) is 5.05.